The predicted octanol–water partition coefficient (Wildman–Crippen LogP) is 2.27. The molecule has 252 valence electrons. The maximum Gasteiger partial charge on any atom is 0.410 e. The van der Waals surface area contributed by atoms with Gasteiger partial charge in [0.25, 0.3) is 5.91 Å². The molecule has 14 nitrogen and oxygen atoms in total. The van der Waals surface area contributed by atoms with E-state index >= 15 is 0 Å². The molecule has 2 aromatic rings. The quantitative estimate of drug-likeness (QED) is 0.279. The number of nitrogen functional groups attached to an aromatic ring is 1. The molecule has 3 aliphatic rings. The van der Waals surface area contributed by atoms with Gasteiger partial charge in [-0.1, -0.05) is 12.8 Å². The van der Waals surface area contributed by atoms with Crippen LogP contribution in [0.3, 0.4) is 0 Å². The molecular formula is C32H47N7O7. The Kier molecular flexibility index (Phi) is 10.1. The number of nitrogens with two attached hydrogens (primary N) is 1. The van der Waals surface area contributed by atoms with Crippen LogP contribution in [-0.4, -0.2) is 102 Å². The zero-order valence-electron chi connectivity index (χ0n) is 27.4. The summed E-state index contributed by atoms with van der Waals surface area (Å²) < 4.78 is 19.0. The van der Waals surface area contributed by atoms with Gasteiger partial charge in [-0.2, -0.15) is 0 Å². The smallest absolute Gasteiger partial charge is 0.410 e. The second-order valence-corrected chi connectivity index (χ2v) is 13.7. The van der Waals surface area contributed by atoms with Crippen molar-refractivity contribution in [3.8, 4) is 11.8 Å². The minimum Gasteiger partial charge on any atom is -0.443 e. The highest BCUT2D eigenvalue weighted by atomic mass is 16.6. The van der Waals surface area contributed by atoms with Crippen LogP contribution in [0.2, 0.25) is 0 Å². The minimum atomic E-state index is -1.42. The number of nitrogens with one attached hydrogen (secondary N) is 1. The van der Waals surface area contributed by atoms with Gasteiger partial charge in [0.05, 0.1) is 18.5 Å². The number of carbonyl (C=O) groups is 2. The first-order valence-electron chi connectivity index (χ1n) is 16.2. The van der Waals surface area contributed by atoms with E-state index in [-0.39, 0.29) is 35.0 Å². The summed E-state index contributed by atoms with van der Waals surface area (Å²) in [6.45, 7) is 11.7. The van der Waals surface area contributed by atoms with E-state index in [1.165, 1.54) is 10.9 Å². The molecule has 3 fully saturated rings. The van der Waals surface area contributed by atoms with Crippen LogP contribution in [0.5, 0.6) is 0 Å². The highest BCUT2D eigenvalue weighted by Crippen LogP contribution is 2.33. The van der Waals surface area contributed by atoms with Crippen LogP contribution in [-0.2, 0) is 19.0 Å². The molecule has 5 N–H and O–H groups in total. The number of ether oxygens (including phenoxy) is 3. The molecule has 2 amide bonds. The standard InChI is InChI=1S/C32H47N7O7/c1-6-31(2,3)44-17-14-32(4,5)46-30(43)38-15-12-19(13-16-38)8-7-9-21-36-26(33)22-27(37-21)39(18-34-22)29-24(41)23(40)25(45-29)28(42)35-20-10-11-20/h18-20,23-25,29,40-41H,6,8,10-17H2,1-5H3,(H,35,42)(H2,33,36,37)/t23-,24+,25+,29-/m1/s1. The van der Waals surface area contributed by atoms with E-state index in [0.29, 0.717) is 44.0 Å². The van der Waals surface area contributed by atoms with Crippen molar-refractivity contribution < 1.29 is 34.0 Å². The van der Waals surface area contributed by atoms with E-state index in [1.807, 2.05) is 13.8 Å². The molecular weight excluding hydrogens is 594 g/mol. The lowest BCUT2D eigenvalue weighted by molar-refractivity contribution is -0.137. The Morgan fingerprint density at radius 3 is 2.50 bits per heavy atom. The van der Waals surface area contributed by atoms with Crippen LogP contribution in [0.4, 0.5) is 10.6 Å². The summed E-state index contributed by atoms with van der Waals surface area (Å²) in [6.07, 6.45) is 1.40. The van der Waals surface area contributed by atoms with E-state index in [4.69, 9.17) is 19.9 Å². The lowest BCUT2D eigenvalue weighted by Crippen LogP contribution is -2.43. The zero-order valence-corrected chi connectivity index (χ0v) is 27.4. The highest BCUT2D eigenvalue weighted by Gasteiger charge is 2.48. The predicted molar refractivity (Wildman–Crippen MR) is 168 cm³/mol. The fourth-order valence-corrected chi connectivity index (χ4v) is 5.42. The summed E-state index contributed by atoms with van der Waals surface area (Å²) in [5.41, 5.74) is 5.89. The zero-order chi connectivity index (χ0) is 33.2. The van der Waals surface area contributed by atoms with Crippen molar-refractivity contribution >= 4 is 29.0 Å². The Hall–Kier alpha value is -3.51. The van der Waals surface area contributed by atoms with Gasteiger partial charge in [-0.15, -0.1) is 0 Å². The number of nitrogens with zero attached hydrogens (tertiary/aromatic N) is 5. The van der Waals surface area contributed by atoms with Crippen LogP contribution in [0.1, 0.15) is 91.6 Å². The molecule has 0 spiro atoms. The van der Waals surface area contributed by atoms with Gasteiger partial charge < -0.3 is 40.4 Å². The Morgan fingerprint density at radius 2 is 1.83 bits per heavy atom. The minimum absolute atomic E-state index is 0.0812. The van der Waals surface area contributed by atoms with Crippen LogP contribution < -0.4 is 11.1 Å². The van der Waals surface area contributed by atoms with Crippen molar-refractivity contribution in [1.82, 2.24) is 29.7 Å². The Morgan fingerprint density at radius 1 is 1.11 bits per heavy atom. The average Bonchev–Trinajstić information content (AvgIpc) is 3.64. The first-order valence-corrected chi connectivity index (χ1v) is 16.2. The molecule has 0 unspecified atom stereocenters. The number of aromatic nitrogens is 4. The number of aliphatic hydroxyl groups excluding tert-OH is 2. The molecule has 1 aliphatic carbocycles. The molecule has 46 heavy (non-hydrogen) atoms. The van der Waals surface area contributed by atoms with Crippen molar-refractivity contribution in [2.75, 3.05) is 25.4 Å². The Labute approximate surface area is 269 Å². The second kappa shape index (κ2) is 13.7. The van der Waals surface area contributed by atoms with Gasteiger partial charge in [0.2, 0.25) is 5.82 Å². The molecule has 1 saturated carbocycles. The fraction of sp³-hybridized carbons (Fsp3) is 0.719. The van der Waals surface area contributed by atoms with Crippen LogP contribution in [0, 0.1) is 17.8 Å². The van der Waals surface area contributed by atoms with Gasteiger partial charge in [0.15, 0.2) is 23.8 Å². The number of rotatable bonds is 10. The topological polar surface area (TPSA) is 187 Å². The average molecular weight is 642 g/mol. The van der Waals surface area contributed by atoms with Crippen LogP contribution >= 0.6 is 0 Å². The molecule has 0 radical (unpaired) electrons. The number of imidazole rings is 1. The Balaban J connectivity index is 1.15. The van der Waals surface area contributed by atoms with Gasteiger partial charge in [0.1, 0.15) is 23.3 Å². The molecule has 4 atom stereocenters. The molecule has 2 saturated heterocycles. The highest BCUT2D eigenvalue weighted by molar-refractivity contribution is 5.83. The summed E-state index contributed by atoms with van der Waals surface area (Å²) in [5, 5.41) is 24.0. The first-order chi connectivity index (χ1) is 21.8. The maximum absolute atomic E-state index is 12.9. The van der Waals surface area contributed by atoms with Crippen molar-refractivity contribution in [3.63, 3.8) is 0 Å². The van der Waals surface area contributed by atoms with Crippen molar-refractivity contribution in [2.45, 2.75) is 121 Å². The number of hydrogen-bond acceptors (Lipinski definition) is 11. The first kappa shape index (κ1) is 33.8. The van der Waals surface area contributed by atoms with Crippen molar-refractivity contribution in [3.05, 3.63) is 12.2 Å². The summed E-state index contributed by atoms with van der Waals surface area (Å²) in [7, 11) is 0. The second-order valence-electron chi connectivity index (χ2n) is 13.7. The SMILES string of the molecule is CCC(C)(C)OCCC(C)(C)OC(=O)N1CCC(CC#Cc2nc(N)c3ncn([C@@H]4O[C@H](C(=O)NC5CC5)[C@H](O)[C@@H]4O)c3n2)CC1. The summed E-state index contributed by atoms with van der Waals surface area (Å²) in [6, 6.07) is 0.0812. The van der Waals surface area contributed by atoms with E-state index < -0.39 is 36.0 Å². The van der Waals surface area contributed by atoms with Crippen molar-refractivity contribution in [2.24, 2.45) is 5.92 Å². The maximum atomic E-state index is 12.9. The van der Waals surface area contributed by atoms with E-state index in [1.54, 1.807) is 4.90 Å². The lowest BCUT2D eigenvalue weighted by Gasteiger charge is -2.34. The van der Waals surface area contributed by atoms with Crippen LogP contribution in [0.25, 0.3) is 11.2 Å². The van der Waals surface area contributed by atoms with E-state index in [0.717, 1.165) is 32.1 Å². The molecule has 2 aromatic heterocycles. The number of amides is 2. The Bertz CT molecular complexity index is 1470. The number of anilines is 1. The van der Waals surface area contributed by atoms with Gasteiger partial charge in [-0.3, -0.25) is 9.36 Å². The van der Waals surface area contributed by atoms with Gasteiger partial charge in [-0.05, 0) is 71.6 Å². The summed E-state index contributed by atoms with van der Waals surface area (Å²) in [5.74, 6) is 6.24. The normalized spacial score (nSPS) is 24.1. The summed E-state index contributed by atoms with van der Waals surface area (Å²) >= 11 is 0. The molecule has 0 bridgehead atoms. The van der Waals surface area contributed by atoms with Gasteiger partial charge >= 0.3 is 6.09 Å². The number of likely N-dealkylation sites (tertiary alicyclic amines) is 1. The number of carbonyl (C=O) groups excluding carboxylic acids is 2. The van der Waals surface area contributed by atoms with E-state index in [9.17, 15) is 19.8 Å². The number of piperidine rings is 1. The molecule has 5 rings (SSSR count). The van der Waals surface area contributed by atoms with Gasteiger partial charge in [-0.25, -0.2) is 19.7 Å². The largest absolute Gasteiger partial charge is 0.443 e. The van der Waals surface area contributed by atoms with E-state index in [2.05, 4.69) is 52.9 Å². The van der Waals surface area contributed by atoms with Gasteiger partial charge in [0, 0.05) is 32.0 Å². The third-order valence-corrected chi connectivity index (χ3v) is 9.02. The van der Waals surface area contributed by atoms with Crippen LogP contribution in [0.15, 0.2) is 6.33 Å². The summed E-state index contributed by atoms with van der Waals surface area (Å²) in [4.78, 5) is 40.2. The lowest BCUT2D eigenvalue weighted by atomic mass is 9.94. The third kappa shape index (κ3) is 8.06. The number of fused-ring (bicyclic) bond motifs is 1. The molecule has 4 heterocycles. The number of hydrogen-bond donors (Lipinski definition) is 4. The third-order valence-electron chi connectivity index (χ3n) is 9.02. The van der Waals surface area contributed by atoms with Crippen molar-refractivity contribution in [1.29, 1.82) is 0 Å². The number of aliphatic hydroxyl groups is 2. The fourth-order valence-electron chi connectivity index (χ4n) is 5.42. The monoisotopic (exact) mass is 641 g/mol. The molecule has 0 aromatic carbocycles. The molecule has 14 heteroatoms. The molecule has 2 aliphatic heterocycles.